The highest BCUT2D eigenvalue weighted by Gasteiger charge is 2.10. The Labute approximate surface area is 107 Å². The van der Waals surface area contributed by atoms with E-state index in [1.54, 1.807) is 19.1 Å². The van der Waals surface area contributed by atoms with Gasteiger partial charge in [-0.1, -0.05) is 6.92 Å². The fraction of sp³-hybridized carbons (Fsp3) is 0.538. The third kappa shape index (κ3) is 4.33. The number of hydrogen-bond donors (Lipinski definition) is 1. The first-order valence-electron chi connectivity index (χ1n) is 6.25. The SMILES string of the molecule is CC[C@@H](C)[NH2+]CCOc1ccc([N+](=O)[O-])c(C)c1. The first-order chi connectivity index (χ1) is 8.54. The highest BCUT2D eigenvalue weighted by atomic mass is 16.6. The molecule has 0 fully saturated rings. The van der Waals surface area contributed by atoms with E-state index in [1.165, 1.54) is 6.07 Å². The van der Waals surface area contributed by atoms with Crippen molar-refractivity contribution in [2.24, 2.45) is 0 Å². The van der Waals surface area contributed by atoms with Gasteiger partial charge >= 0.3 is 0 Å². The number of nitro groups is 1. The minimum absolute atomic E-state index is 0.133. The van der Waals surface area contributed by atoms with Crippen molar-refractivity contribution in [3.05, 3.63) is 33.9 Å². The molecule has 100 valence electrons. The summed E-state index contributed by atoms with van der Waals surface area (Å²) in [5, 5.41) is 12.9. The van der Waals surface area contributed by atoms with Crippen molar-refractivity contribution < 1.29 is 15.0 Å². The van der Waals surface area contributed by atoms with Gasteiger partial charge in [-0.2, -0.15) is 0 Å². The number of aryl methyl sites for hydroxylation is 1. The fourth-order valence-electron chi connectivity index (χ4n) is 1.62. The summed E-state index contributed by atoms with van der Waals surface area (Å²) >= 11 is 0. The number of ether oxygens (including phenoxy) is 1. The molecule has 0 saturated carbocycles. The lowest BCUT2D eigenvalue weighted by atomic mass is 10.2. The van der Waals surface area contributed by atoms with Crippen molar-refractivity contribution in [3.8, 4) is 5.75 Å². The molecule has 5 nitrogen and oxygen atoms in total. The summed E-state index contributed by atoms with van der Waals surface area (Å²) in [6.07, 6.45) is 1.14. The van der Waals surface area contributed by atoms with Gasteiger partial charge in [0.2, 0.25) is 0 Å². The van der Waals surface area contributed by atoms with Gasteiger partial charge < -0.3 is 10.1 Å². The largest absolute Gasteiger partial charge is 0.488 e. The van der Waals surface area contributed by atoms with Crippen molar-refractivity contribution in [2.75, 3.05) is 13.2 Å². The first-order valence-corrected chi connectivity index (χ1v) is 6.25. The Hall–Kier alpha value is -1.62. The molecule has 0 aliphatic carbocycles. The smallest absolute Gasteiger partial charge is 0.272 e. The quantitative estimate of drug-likeness (QED) is 0.456. The number of nitro benzene ring substituents is 1. The molecule has 0 amide bonds. The van der Waals surface area contributed by atoms with E-state index in [-0.39, 0.29) is 10.6 Å². The summed E-state index contributed by atoms with van der Waals surface area (Å²) in [7, 11) is 0. The maximum absolute atomic E-state index is 10.7. The maximum Gasteiger partial charge on any atom is 0.272 e. The Morgan fingerprint density at radius 1 is 1.50 bits per heavy atom. The number of rotatable bonds is 7. The van der Waals surface area contributed by atoms with Gasteiger partial charge in [-0.15, -0.1) is 0 Å². The molecule has 0 bridgehead atoms. The monoisotopic (exact) mass is 253 g/mol. The van der Waals surface area contributed by atoms with E-state index in [0.29, 0.717) is 24.0 Å². The van der Waals surface area contributed by atoms with E-state index in [0.717, 1.165) is 13.0 Å². The van der Waals surface area contributed by atoms with Crippen LogP contribution in [0.2, 0.25) is 0 Å². The van der Waals surface area contributed by atoms with Crippen molar-refractivity contribution in [1.29, 1.82) is 0 Å². The van der Waals surface area contributed by atoms with Crippen LogP contribution in [0.1, 0.15) is 25.8 Å². The molecule has 0 aliphatic rings. The van der Waals surface area contributed by atoms with Crippen LogP contribution < -0.4 is 10.1 Å². The lowest BCUT2D eigenvalue weighted by molar-refractivity contribution is -0.686. The minimum Gasteiger partial charge on any atom is -0.488 e. The zero-order valence-electron chi connectivity index (χ0n) is 11.2. The number of benzene rings is 1. The van der Waals surface area contributed by atoms with Crippen LogP contribution >= 0.6 is 0 Å². The van der Waals surface area contributed by atoms with E-state index in [9.17, 15) is 10.1 Å². The van der Waals surface area contributed by atoms with Crippen LogP contribution in [0.3, 0.4) is 0 Å². The Bertz CT molecular complexity index is 407. The van der Waals surface area contributed by atoms with Gasteiger partial charge in [-0.05, 0) is 32.4 Å². The zero-order valence-corrected chi connectivity index (χ0v) is 11.2. The van der Waals surface area contributed by atoms with Crippen LogP contribution in [0.25, 0.3) is 0 Å². The van der Waals surface area contributed by atoms with Gasteiger partial charge in [0.1, 0.15) is 18.9 Å². The molecule has 1 atom stereocenters. The highest BCUT2D eigenvalue weighted by molar-refractivity contribution is 5.44. The van der Waals surface area contributed by atoms with Crippen LogP contribution in [0, 0.1) is 17.0 Å². The number of hydrogen-bond acceptors (Lipinski definition) is 3. The second kappa shape index (κ2) is 6.96. The number of nitrogens with zero attached hydrogens (tertiary/aromatic N) is 1. The topological polar surface area (TPSA) is 69.0 Å². The normalized spacial score (nSPS) is 12.2. The van der Waals surface area contributed by atoms with Crippen LogP contribution in [0.5, 0.6) is 5.75 Å². The van der Waals surface area contributed by atoms with Crippen molar-refractivity contribution >= 4 is 5.69 Å². The number of quaternary nitrogens is 1. The summed E-state index contributed by atoms with van der Waals surface area (Å²) in [6.45, 7) is 7.56. The van der Waals surface area contributed by atoms with Gasteiger partial charge in [0.15, 0.2) is 0 Å². The van der Waals surface area contributed by atoms with Crippen LogP contribution in [-0.4, -0.2) is 24.1 Å². The van der Waals surface area contributed by atoms with Crippen LogP contribution in [0.15, 0.2) is 18.2 Å². The highest BCUT2D eigenvalue weighted by Crippen LogP contribution is 2.22. The maximum atomic E-state index is 10.7. The molecule has 0 aromatic heterocycles. The van der Waals surface area contributed by atoms with Gasteiger partial charge in [-0.25, -0.2) is 0 Å². The molecule has 0 unspecified atom stereocenters. The third-order valence-electron chi connectivity index (χ3n) is 2.96. The van der Waals surface area contributed by atoms with Gasteiger partial charge in [-0.3, -0.25) is 10.1 Å². The summed E-state index contributed by atoms with van der Waals surface area (Å²) in [5.41, 5.74) is 0.761. The van der Waals surface area contributed by atoms with E-state index < -0.39 is 0 Å². The summed E-state index contributed by atoms with van der Waals surface area (Å²) < 4.78 is 5.56. The molecular formula is C13H21N2O3+. The molecule has 0 radical (unpaired) electrons. The van der Waals surface area contributed by atoms with Gasteiger partial charge in [0.05, 0.1) is 11.0 Å². The first kappa shape index (κ1) is 14.4. The molecule has 1 aromatic carbocycles. The molecule has 1 rings (SSSR count). The standard InChI is InChI=1S/C13H20N2O3/c1-4-11(3)14-7-8-18-12-5-6-13(15(16)17)10(2)9-12/h5-6,9,11,14H,4,7-8H2,1-3H3/p+1/t11-/m1/s1. The van der Waals surface area contributed by atoms with Crippen LogP contribution in [-0.2, 0) is 0 Å². The average Bonchev–Trinajstić information content (AvgIpc) is 2.34. The molecule has 5 heteroatoms. The second-order valence-corrected chi connectivity index (χ2v) is 4.46. The van der Waals surface area contributed by atoms with E-state index in [1.807, 2.05) is 0 Å². The molecule has 0 aliphatic heterocycles. The minimum atomic E-state index is -0.379. The summed E-state index contributed by atoms with van der Waals surface area (Å²) in [5.74, 6) is 0.690. The lowest BCUT2D eigenvalue weighted by Gasteiger charge is -2.09. The molecule has 18 heavy (non-hydrogen) atoms. The Balaban J connectivity index is 2.44. The molecule has 1 aromatic rings. The zero-order chi connectivity index (χ0) is 13.5. The van der Waals surface area contributed by atoms with E-state index in [4.69, 9.17) is 4.74 Å². The molecule has 0 spiro atoms. The van der Waals surface area contributed by atoms with Crippen molar-refractivity contribution in [2.45, 2.75) is 33.2 Å². The summed E-state index contributed by atoms with van der Waals surface area (Å²) in [4.78, 5) is 10.3. The molecule has 0 heterocycles. The Kier molecular flexibility index (Phi) is 5.58. The van der Waals surface area contributed by atoms with Crippen LogP contribution in [0.4, 0.5) is 5.69 Å². The van der Waals surface area contributed by atoms with E-state index in [2.05, 4.69) is 19.2 Å². The average molecular weight is 253 g/mol. The molecule has 2 N–H and O–H groups in total. The van der Waals surface area contributed by atoms with Gasteiger partial charge in [0, 0.05) is 11.6 Å². The van der Waals surface area contributed by atoms with Crippen molar-refractivity contribution in [1.82, 2.24) is 0 Å². The third-order valence-corrected chi connectivity index (χ3v) is 2.96. The van der Waals surface area contributed by atoms with Crippen molar-refractivity contribution in [3.63, 3.8) is 0 Å². The fourth-order valence-corrected chi connectivity index (χ4v) is 1.62. The second-order valence-electron chi connectivity index (χ2n) is 4.46. The Morgan fingerprint density at radius 3 is 2.78 bits per heavy atom. The predicted octanol–water partition coefficient (Wildman–Crippen LogP) is 1.64. The Morgan fingerprint density at radius 2 is 2.22 bits per heavy atom. The summed E-state index contributed by atoms with van der Waals surface area (Å²) in [6, 6.07) is 5.45. The predicted molar refractivity (Wildman–Crippen MR) is 69.9 cm³/mol. The number of nitrogens with two attached hydrogens (primary N) is 1. The molecule has 0 saturated heterocycles. The molecular weight excluding hydrogens is 232 g/mol. The van der Waals surface area contributed by atoms with E-state index >= 15 is 0 Å². The van der Waals surface area contributed by atoms with Gasteiger partial charge in [0.25, 0.3) is 5.69 Å². The lowest BCUT2D eigenvalue weighted by Crippen LogP contribution is -2.90.